The van der Waals surface area contributed by atoms with Gasteiger partial charge in [0.05, 0.1) is 12.1 Å². The number of hydrogen-bond donors (Lipinski definition) is 1. The lowest BCUT2D eigenvalue weighted by molar-refractivity contribution is 0.0902. The first-order valence-electron chi connectivity index (χ1n) is 7.87. The van der Waals surface area contributed by atoms with Gasteiger partial charge in [-0.2, -0.15) is 0 Å². The Bertz CT molecular complexity index is 467. The molecule has 1 aromatic carbocycles. The fraction of sp³-hybridized carbons (Fsp3) is 0.611. The van der Waals surface area contributed by atoms with Gasteiger partial charge in [-0.15, -0.1) is 0 Å². The average molecular weight is 289 g/mol. The van der Waals surface area contributed by atoms with Crippen molar-refractivity contribution < 1.29 is 9.53 Å². The van der Waals surface area contributed by atoms with Crippen LogP contribution in [0.25, 0.3) is 0 Å². The summed E-state index contributed by atoms with van der Waals surface area (Å²) < 4.78 is 5.57. The molecule has 3 heteroatoms. The van der Waals surface area contributed by atoms with Crippen molar-refractivity contribution in [1.82, 2.24) is 5.32 Å². The van der Waals surface area contributed by atoms with Crippen molar-refractivity contribution in [2.24, 2.45) is 0 Å². The molecule has 0 saturated carbocycles. The van der Waals surface area contributed by atoms with Gasteiger partial charge < -0.3 is 10.1 Å². The first kappa shape index (κ1) is 16.2. The van der Waals surface area contributed by atoms with Crippen LogP contribution in [0.2, 0.25) is 0 Å². The lowest BCUT2D eigenvalue weighted by Crippen LogP contribution is -2.38. The zero-order valence-corrected chi connectivity index (χ0v) is 13.6. The van der Waals surface area contributed by atoms with Gasteiger partial charge in [-0.25, -0.2) is 0 Å². The van der Waals surface area contributed by atoms with Crippen LogP contribution in [0.1, 0.15) is 56.5 Å². The maximum absolute atomic E-state index is 12.4. The number of Topliss-reactive ketones (excluding diaryl/α,β-unsaturated/α-hetero) is 1. The number of ketones is 1. The Kier molecular flexibility index (Phi) is 5.17. The number of hydrogen-bond acceptors (Lipinski definition) is 3. The molecule has 116 valence electrons. The molecule has 0 radical (unpaired) electrons. The molecule has 1 aliphatic heterocycles. The van der Waals surface area contributed by atoms with Gasteiger partial charge in [-0.1, -0.05) is 45.0 Å². The Balaban J connectivity index is 1.92. The first-order valence-corrected chi connectivity index (χ1v) is 7.87. The molecule has 3 nitrogen and oxygen atoms in total. The Morgan fingerprint density at radius 2 is 2.00 bits per heavy atom. The van der Waals surface area contributed by atoms with Crippen LogP contribution in [0.5, 0.6) is 0 Å². The summed E-state index contributed by atoms with van der Waals surface area (Å²) in [5, 5.41) is 3.29. The fourth-order valence-electron chi connectivity index (χ4n) is 2.59. The molecule has 0 bridgehead atoms. The van der Waals surface area contributed by atoms with Crippen molar-refractivity contribution >= 4 is 5.78 Å². The molecule has 0 spiro atoms. The Labute approximate surface area is 128 Å². The highest BCUT2D eigenvalue weighted by molar-refractivity contribution is 5.99. The molecule has 1 aromatic rings. The topological polar surface area (TPSA) is 38.3 Å². The van der Waals surface area contributed by atoms with Crippen LogP contribution in [-0.4, -0.2) is 31.1 Å². The summed E-state index contributed by atoms with van der Waals surface area (Å²) in [4.78, 5) is 12.4. The summed E-state index contributed by atoms with van der Waals surface area (Å²) in [5.74, 6) is 0.147. The highest BCUT2D eigenvalue weighted by atomic mass is 16.5. The quantitative estimate of drug-likeness (QED) is 0.845. The van der Waals surface area contributed by atoms with Gasteiger partial charge in [0.1, 0.15) is 0 Å². The molecule has 0 aliphatic carbocycles. The van der Waals surface area contributed by atoms with Crippen molar-refractivity contribution in [3.05, 3.63) is 35.4 Å². The fourth-order valence-corrected chi connectivity index (χ4v) is 2.59. The van der Waals surface area contributed by atoms with E-state index in [4.69, 9.17) is 4.74 Å². The van der Waals surface area contributed by atoms with E-state index in [9.17, 15) is 4.79 Å². The number of nitrogens with one attached hydrogen (secondary N) is 1. The highest BCUT2D eigenvalue weighted by Crippen LogP contribution is 2.22. The van der Waals surface area contributed by atoms with E-state index >= 15 is 0 Å². The van der Waals surface area contributed by atoms with Crippen molar-refractivity contribution in [2.75, 3.05) is 13.2 Å². The van der Waals surface area contributed by atoms with E-state index < -0.39 is 0 Å². The van der Waals surface area contributed by atoms with Gasteiger partial charge in [0.25, 0.3) is 0 Å². The van der Waals surface area contributed by atoms with E-state index in [1.54, 1.807) is 0 Å². The van der Waals surface area contributed by atoms with Gasteiger partial charge in [0, 0.05) is 18.7 Å². The molecule has 21 heavy (non-hydrogen) atoms. The monoisotopic (exact) mass is 289 g/mol. The molecule has 0 amide bonds. The largest absolute Gasteiger partial charge is 0.377 e. The third-order valence-electron chi connectivity index (χ3n) is 4.10. The van der Waals surface area contributed by atoms with E-state index in [1.165, 1.54) is 5.56 Å². The van der Waals surface area contributed by atoms with E-state index in [1.807, 2.05) is 19.1 Å². The van der Waals surface area contributed by atoms with Gasteiger partial charge in [-0.05, 0) is 30.7 Å². The van der Waals surface area contributed by atoms with Crippen LogP contribution >= 0.6 is 0 Å². The van der Waals surface area contributed by atoms with Crippen LogP contribution in [-0.2, 0) is 10.2 Å². The molecule has 1 fully saturated rings. The molecule has 1 heterocycles. The van der Waals surface area contributed by atoms with Crippen molar-refractivity contribution in [3.63, 3.8) is 0 Å². The summed E-state index contributed by atoms with van der Waals surface area (Å²) in [5.41, 5.74) is 2.14. The standard InChI is InChI=1S/C18H27NO2/c1-13(19-12-16-6-5-11-21-16)17(20)14-7-9-15(10-8-14)18(2,3)4/h7-10,13,16,19H,5-6,11-12H2,1-4H3. The third-order valence-corrected chi connectivity index (χ3v) is 4.10. The Morgan fingerprint density at radius 3 is 2.52 bits per heavy atom. The van der Waals surface area contributed by atoms with E-state index in [-0.39, 0.29) is 23.3 Å². The average Bonchev–Trinajstić information content (AvgIpc) is 2.96. The predicted molar refractivity (Wildman–Crippen MR) is 85.9 cm³/mol. The van der Waals surface area contributed by atoms with Crippen molar-refractivity contribution in [1.29, 1.82) is 0 Å². The Morgan fingerprint density at radius 1 is 1.33 bits per heavy atom. The minimum absolute atomic E-state index is 0.116. The maximum Gasteiger partial charge on any atom is 0.179 e. The third kappa shape index (κ3) is 4.39. The van der Waals surface area contributed by atoms with Crippen LogP contribution in [0.15, 0.2) is 24.3 Å². The summed E-state index contributed by atoms with van der Waals surface area (Å²) in [6.07, 6.45) is 2.49. The minimum Gasteiger partial charge on any atom is -0.377 e. The summed E-state index contributed by atoms with van der Waals surface area (Å²) in [6.45, 7) is 10.1. The molecular weight excluding hydrogens is 262 g/mol. The molecule has 2 atom stereocenters. The van der Waals surface area contributed by atoms with E-state index in [0.29, 0.717) is 0 Å². The summed E-state index contributed by atoms with van der Waals surface area (Å²) in [6, 6.07) is 7.81. The molecule has 1 N–H and O–H groups in total. The maximum atomic E-state index is 12.4. The van der Waals surface area contributed by atoms with Crippen LogP contribution in [0, 0.1) is 0 Å². The number of benzene rings is 1. The molecule has 0 aromatic heterocycles. The van der Waals surface area contributed by atoms with E-state index in [2.05, 4.69) is 38.2 Å². The number of ether oxygens (including phenoxy) is 1. The smallest absolute Gasteiger partial charge is 0.179 e. The molecule has 1 saturated heterocycles. The molecular formula is C18H27NO2. The highest BCUT2D eigenvalue weighted by Gasteiger charge is 2.20. The second-order valence-corrected chi connectivity index (χ2v) is 6.96. The summed E-state index contributed by atoms with van der Waals surface area (Å²) in [7, 11) is 0. The normalized spacial score (nSPS) is 20.5. The zero-order chi connectivity index (χ0) is 15.5. The van der Waals surface area contributed by atoms with Gasteiger partial charge in [0.2, 0.25) is 0 Å². The Hall–Kier alpha value is -1.19. The predicted octanol–water partition coefficient (Wildman–Crippen LogP) is 3.32. The van der Waals surface area contributed by atoms with Crippen molar-refractivity contribution in [2.45, 2.75) is 58.1 Å². The van der Waals surface area contributed by atoms with Gasteiger partial charge >= 0.3 is 0 Å². The van der Waals surface area contributed by atoms with Crippen molar-refractivity contribution in [3.8, 4) is 0 Å². The number of rotatable bonds is 5. The molecule has 2 unspecified atom stereocenters. The lowest BCUT2D eigenvalue weighted by atomic mass is 9.86. The first-order chi connectivity index (χ1) is 9.88. The summed E-state index contributed by atoms with van der Waals surface area (Å²) >= 11 is 0. The second kappa shape index (κ2) is 6.71. The number of carbonyl (C=O) groups is 1. The van der Waals surface area contributed by atoms with Gasteiger partial charge in [0.15, 0.2) is 5.78 Å². The SMILES string of the molecule is CC(NCC1CCCO1)C(=O)c1ccc(C(C)(C)C)cc1. The second-order valence-electron chi connectivity index (χ2n) is 6.96. The van der Waals surface area contributed by atoms with E-state index in [0.717, 1.165) is 31.6 Å². The molecule has 2 rings (SSSR count). The van der Waals surface area contributed by atoms with Crippen LogP contribution in [0.4, 0.5) is 0 Å². The van der Waals surface area contributed by atoms with Crippen LogP contribution < -0.4 is 5.32 Å². The number of carbonyl (C=O) groups excluding carboxylic acids is 1. The minimum atomic E-state index is -0.172. The van der Waals surface area contributed by atoms with Gasteiger partial charge in [-0.3, -0.25) is 4.79 Å². The lowest BCUT2D eigenvalue weighted by Gasteiger charge is -2.20. The van der Waals surface area contributed by atoms with Crippen LogP contribution in [0.3, 0.4) is 0 Å². The zero-order valence-electron chi connectivity index (χ0n) is 13.6. The molecule has 1 aliphatic rings.